The summed E-state index contributed by atoms with van der Waals surface area (Å²) in [6, 6.07) is 1.25. The fourth-order valence-electron chi connectivity index (χ4n) is 3.50. The normalized spacial score (nSPS) is 18.7. The number of unbranched alkanes of at least 4 members (excludes halogenated alkanes) is 1. The summed E-state index contributed by atoms with van der Waals surface area (Å²) in [6.45, 7) is 4.53. The number of piperidine rings is 1. The van der Waals surface area contributed by atoms with Crippen molar-refractivity contribution in [1.82, 2.24) is 15.0 Å². The Bertz CT molecular complexity index is 1030. The number of H-pyrrole nitrogens is 1. The van der Waals surface area contributed by atoms with E-state index in [2.05, 4.69) is 15.0 Å². The quantitative estimate of drug-likeness (QED) is 0.416. The van der Waals surface area contributed by atoms with E-state index in [1.54, 1.807) is 11.8 Å². The Morgan fingerprint density at radius 1 is 1.42 bits per heavy atom. The number of ether oxygens (including phenoxy) is 1. The zero-order valence-electron chi connectivity index (χ0n) is 17.1. The van der Waals surface area contributed by atoms with Gasteiger partial charge in [-0.2, -0.15) is 9.97 Å². The second-order valence-corrected chi connectivity index (χ2v) is 7.99. The lowest BCUT2D eigenvalue weighted by Crippen LogP contribution is -2.50. The third-order valence-corrected chi connectivity index (χ3v) is 6.13. The lowest BCUT2D eigenvalue weighted by atomic mass is 9.87. The molecule has 0 aromatic carbocycles. The Morgan fingerprint density at radius 2 is 2.16 bits per heavy atom. The second kappa shape index (κ2) is 9.70. The fourth-order valence-corrected chi connectivity index (χ4v) is 3.97. The molecule has 1 aliphatic heterocycles. The van der Waals surface area contributed by atoms with Crippen LogP contribution in [-0.4, -0.2) is 51.3 Å². The second-order valence-electron chi connectivity index (χ2n) is 7.23. The smallest absolute Gasteiger partial charge is 0.354 e. The average molecular weight is 468 g/mol. The van der Waals surface area contributed by atoms with Gasteiger partial charge in [0.25, 0.3) is 0 Å². The van der Waals surface area contributed by atoms with Crippen molar-refractivity contribution >= 4 is 40.9 Å². The first-order valence-corrected chi connectivity index (χ1v) is 10.6. The Hall–Kier alpha value is -2.58. The van der Waals surface area contributed by atoms with Crippen LogP contribution in [0.2, 0.25) is 10.0 Å². The van der Waals surface area contributed by atoms with Crippen LogP contribution in [0.15, 0.2) is 11.6 Å². The van der Waals surface area contributed by atoms with Crippen molar-refractivity contribution < 1.29 is 19.4 Å². The van der Waals surface area contributed by atoms with Crippen LogP contribution in [0.1, 0.15) is 54.0 Å². The molecule has 2 aromatic heterocycles. The lowest BCUT2D eigenvalue weighted by molar-refractivity contribution is 0.0688. The third-order valence-electron chi connectivity index (χ3n) is 5.17. The number of nitrogens with one attached hydrogen (secondary N) is 1. The van der Waals surface area contributed by atoms with Gasteiger partial charge < -0.3 is 25.5 Å². The highest BCUT2D eigenvalue weighted by Gasteiger charge is 2.36. The first kappa shape index (κ1) is 23.1. The van der Waals surface area contributed by atoms with Crippen molar-refractivity contribution in [2.24, 2.45) is 5.73 Å². The number of aromatic amines is 1. The van der Waals surface area contributed by atoms with Crippen LogP contribution in [0.5, 0.6) is 6.01 Å². The molecule has 0 radical (unpaired) electrons. The van der Waals surface area contributed by atoms with E-state index in [9.17, 15) is 14.7 Å². The first-order chi connectivity index (χ1) is 14.8. The van der Waals surface area contributed by atoms with Crippen molar-refractivity contribution in [3.63, 3.8) is 0 Å². The minimum Gasteiger partial charge on any atom is -0.477 e. The highest BCUT2D eigenvalue weighted by molar-refractivity contribution is 6.43. The zero-order chi connectivity index (χ0) is 22.7. The summed E-state index contributed by atoms with van der Waals surface area (Å²) in [5.74, 6) is 0.573. The van der Waals surface area contributed by atoms with Crippen LogP contribution >= 0.6 is 23.2 Å². The van der Waals surface area contributed by atoms with Crippen molar-refractivity contribution in [2.45, 2.75) is 45.2 Å². The largest absolute Gasteiger partial charge is 0.477 e. The molecule has 1 aliphatic rings. The molecule has 4 N–H and O–H groups in total. The molecule has 2 atom stereocenters. The molecule has 2 aromatic rings. The minimum atomic E-state index is -1.22. The predicted octanol–water partition coefficient (Wildman–Crippen LogP) is 3.33. The summed E-state index contributed by atoms with van der Waals surface area (Å²) in [4.78, 5) is 36.4. The van der Waals surface area contributed by atoms with Gasteiger partial charge in [-0.15, -0.1) is 0 Å². The Kier molecular flexibility index (Phi) is 7.23. The van der Waals surface area contributed by atoms with E-state index in [-0.39, 0.29) is 23.1 Å². The summed E-state index contributed by atoms with van der Waals surface area (Å²) in [7, 11) is 0. The van der Waals surface area contributed by atoms with E-state index in [0.717, 1.165) is 12.8 Å². The molecule has 11 heteroatoms. The van der Waals surface area contributed by atoms with Gasteiger partial charge in [-0.1, -0.05) is 36.5 Å². The molecule has 0 aliphatic carbocycles. The fraction of sp³-hybridized carbons (Fsp3) is 0.450. The number of nitrogens with zero attached hydrogens (tertiary/aromatic N) is 3. The summed E-state index contributed by atoms with van der Waals surface area (Å²) in [5, 5.41) is 10.2. The molecule has 0 bridgehead atoms. The summed E-state index contributed by atoms with van der Waals surface area (Å²) in [6.07, 6.45) is 1.25. The maximum atomic E-state index is 11.8. The predicted molar refractivity (Wildman–Crippen MR) is 117 cm³/mol. The summed E-state index contributed by atoms with van der Waals surface area (Å²) in [5.41, 5.74) is 7.71. The number of carbonyl (C=O) groups excluding carboxylic acids is 1. The molecule has 31 heavy (non-hydrogen) atoms. The van der Waals surface area contributed by atoms with Crippen molar-refractivity contribution in [1.29, 1.82) is 0 Å². The molecule has 0 saturated carbocycles. The molecule has 2 unspecified atom stereocenters. The van der Waals surface area contributed by atoms with Crippen LogP contribution in [0.25, 0.3) is 0 Å². The number of nitrogens with two attached hydrogens (primary N) is 1. The number of rotatable bonds is 7. The van der Waals surface area contributed by atoms with E-state index in [4.69, 9.17) is 33.7 Å². The Balaban J connectivity index is 1.93. The lowest BCUT2D eigenvalue weighted by Gasteiger charge is -2.38. The van der Waals surface area contributed by atoms with Crippen LogP contribution in [0, 0.1) is 6.92 Å². The monoisotopic (exact) mass is 467 g/mol. The maximum absolute atomic E-state index is 11.8. The van der Waals surface area contributed by atoms with Gasteiger partial charge in [0, 0.05) is 29.9 Å². The molecule has 0 spiro atoms. The number of hydrogen-bond donors (Lipinski definition) is 3. The third kappa shape index (κ3) is 4.70. The molecule has 9 nitrogen and oxygen atoms in total. The zero-order valence-corrected chi connectivity index (χ0v) is 18.6. The number of anilines is 1. The van der Waals surface area contributed by atoms with Gasteiger partial charge in [0.15, 0.2) is 5.69 Å². The standard InChI is InChI=1S/C20H23Cl2N5O4/c1-3-4-7-31-20-25-13(19(29)30)8-14(26-20)27-6-5-11(12(9-28)18(27)23)17-16(22)15(21)10(2)24-17/h8,11,18,24H,3-7,23H2,1-2H3,(H,29,30). The molecule has 1 fully saturated rings. The van der Waals surface area contributed by atoms with Crippen LogP contribution in [0.4, 0.5) is 5.82 Å². The first-order valence-electron chi connectivity index (χ1n) is 9.84. The average Bonchev–Trinajstić information content (AvgIpc) is 3.00. The maximum Gasteiger partial charge on any atom is 0.354 e. The molecule has 1 saturated heterocycles. The molecule has 3 heterocycles. The number of carboxylic acids is 1. The molecular weight excluding hydrogens is 445 g/mol. The highest BCUT2D eigenvalue weighted by Crippen LogP contribution is 2.41. The van der Waals surface area contributed by atoms with Crippen molar-refractivity contribution in [2.75, 3.05) is 18.1 Å². The Morgan fingerprint density at radius 3 is 2.74 bits per heavy atom. The van der Waals surface area contributed by atoms with Gasteiger partial charge in [0.2, 0.25) is 0 Å². The number of halogens is 2. The van der Waals surface area contributed by atoms with Crippen molar-refractivity contribution in [3.05, 3.63) is 38.8 Å². The van der Waals surface area contributed by atoms with Crippen LogP contribution < -0.4 is 15.4 Å². The topological polar surface area (TPSA) is 134 Å². The van der Waals surface area contributed by atoms with Gasteiger partial charge in [-0.3, -0.25) is 0 Å². The van der Waals surface area contributed by atoms with Crippen LogP contribution in [0.3, 0.4) is 0 Å². The molecule has 0 amide bonds. The highest BCUT2D eigenvalue weighted by atomic mass is 35.5. The number of carboxylic acid groups (broad SMARTS) is 1. The Labute approximate surface area is 189 Å². The van der Waals surface area contributed by atoms with Crippen LogP contribution in [-0.2, 0) is 4.79 Å². The van der Waals surface area contributed by atoms with E-state index in [0.29, 0.717) is 41.0 Å². The van der Waals surface area contributed by atoms with E-state index in [1.807, 2.05) is 12.9 Å². The van der Waals surface area contributed by atoms with Gasteiger partial charge >= 0.3 is 12.0 Å². The minimum absolute atomic E-state index is 0.0517. The van der Waals surface area contributed by atoms with Gasteiger partial charge in [0.05, 0.1) is 22.2 Å². The summed E-state index contributed by atoms with van der Waals surface area (Å²) >= 11 is 12.5. The molecule has 3 rings (SSSR count). The number of aromatic nitrogens is 3. The molecule has 166 valence electrons. The number of carbonyl (C=O) groups is 1. The van der Waals surface area contributed by atoms with Gasteiger partial charge in [-0.05, 0) is 19.8 Å². The number of aryl methyl sites for hydroxylation is 1. The number of aromatic carboxylic acids is 1. The van der Waals surface area contributed by atoms with E-state index in [1.165, 1.54) is 6.07 Å². The summed E-state index contributed by atoms with van der Waals surface area (Å²) < 4.78 is 5.50. The van der Waals surface area contributed by atoms with Crippen molar-refractivity contribution in [3.8, 4) is 6.01 Å². The van der Waals surface area contributed by atoms with E-state index < -0.39 is 18.1 Å². The van der Waals surface area contributed by atoms with Gasteiger partial charge in [-0.25, -0.2) is 9.59 Å². The number of hydrogen-bond acceptors (Lipinski definition) is 7. The SMILES string of the molecule is CCCCOc1nc(C(=O)O)cc(N2CCC(c3[nH]c(C)c(Cl)c3Cl)C(=C=O)C2N)n1. The van der Waals surface area contributed by atoms with Gasteiger partial charge in [0.1, 0.15) is 17.9 Å². The van der Waals surface area contributed by atoms with E-state index >= 15 is 0 Å². The molecular formula is C20H23Cl2N5O4.